The Kier molecular flexibility index (Phi) is 5.91. The van der Waals surface area contributed by atoms with E-state index in [4.69, 9.17) is 4.74 Å². The van der Waals surface area contributed by atoms with Crippen molar-refractivity contribution in [2.45, 2.75) is 71.4 Å². The molecule has 2 N–H and O–H groups in total. The van der Waals surface area contributed by atoms with Gasteiger partial charge in [-0.15, -0.1) is 0 Å². The fraction of sp³-hybridized carbons (Fsp3) is 0.632. The molecule has 23 heavy (non-hydrogen) atoms. The van der Waals surface area contributed by atoms with Crippen LogP contribution < -0.4 is 10.6 Å². The van der Waals surface area contributed by atoms with Crippen LogP contribution in [0.15, 0.2) is 24.3 Å². The van der Waals surface area contributed by atoms with E-state index in [-0.39, 0.29) is 0 Å². The van der Waals surface area contributed by atoms with E-state index in [0.29, 0.717) is 6.04 Å². The molecule has 0 saturated heterocycles. The molecule has 4 heteroatoms. The third-order valence-corrected chi connectivity index (χ3v) is 4.33. The zero-order valence-electron chi connectivity index (χ0n) is 14.8. The van der Waals surface area contributed by atoms with E-state index in [2.05, 4.69) is 17.6 Å². The van der Waals surface area contributed by atoms with Crippen LogP contribution in [0.3, 0.4) is 0 Å². The van der Waals surface area contributed by atoms with Crippen molar-refractivity contribution in [3.8, 4) is 0 Å². The van der Waals surface area contributed by atoms with E-state index in [1.807, 2.05) is 45.0 Å². The summed E-state index contributed by atoms with van der Waals surface area (Å²) in [5.74, 6) is 0.911. The lowest BCUT2D eigenvalue weighted by molar-refractivity contribution is 0.0636. The Bertz CT molecular complexity index is 497. The van der Waals surface area contributed by atoms with Gasteiger partial charge in [0.15, 0.2) is 0 Å². The first kappa shape index (κ1) is 17.6. The van der Waals surface area contributed by atoms with Crippen molar-refractivity contribution in [2.75, 3.05) is 10.6 Å². The number of hydrogen-bond donors (Lipinski definition) is 2. The zero-order chi connectivity index (χ0) is 16.9. The fourth-order valence-corrected chi connectivity index (χ4v) is 3.02. The number of amides is 1. The van der Waals surface area contributed by atoms with Crippen molar-refractivity contribution in [1.82, 2.24) is 0 Å². The third kappa shape index (κ3) is 6.12. The van der Waals surface area contributed by atoms with Crippen LogP contribution in [0.1, 0.15) is 59.8 Å². The second-order valence-corrected chi connectivity index (χ2v) is 7.47. The van der Waals surface area contributed by atoms with Gasteiger partial charge in [-0.1, -0.05) is 13.3 Å². The number of hydrogen-bond acceptors (Lipinski definition) is 3. The molecular weight excluding hydrogens is 288 g/mol. The first-order valence-corrected chi connectivity index (χ1v) is 8.72. The number of benzene rings is 1. The minimum Gasteiger partial charge on any atom is -0.444 e. The van der Waals surface area contributed by atoms with E-state index < -0.39 is 11.7 Å². The molecule has 2 rings (SSSR count). The molecule has 4 nitrogen and oxygen atoms in total. The molecule has 1 aliphatic rings. The smallest absolute Gasteiger partial charge is 0.412 e. The van der Waals surface area contributed by atoms with E-state index in [1.165, 1.54) is 32.1 Å². The largest absolute Gasteiger partial charge is 0.444 e. The highest BCUT2D eigenvalue weighted by Crippen LogP contribution is 2.28. The molecule has 0 bridgehead atoms. The van der Waals surface area contributed by atoms with E-state index >= 15 is 0 Å². The molecule has 0 heterocycles. The highest BCUT2D eigenvalue weighted by molar-refractivity contribution is 5.85. The zero-order valence-corrected chi connectivity index (χ0v) is 14.8. The first-order chi connectivity index (χ1) is 10.9. The minimum absolute atomic E-state index is 0.420. The highest BCUT2D eigenvalue weighted by Gasteiger charge is 2.20. The average Bonchev–Trinajstić information content (AvgIpc) is 2.48. The molecule has 128 valence electrons. The maximum atomic E-state index is 11.7. The van der Waals surface area contributed by atoms with Gasteiger partial charge in [-0.05, 0) is 76.6 Å². The molecule has 0 unspecified atom stereocenters. The molecule has 0 aliphatic heterocycles. The number of carbonyl (C=O) groups excluding carboxylic acids is 1. The fourth-order valence-electron chi connectivity index (χ4n) is 3.02. The molecule has 1 aromatic rings. The minimum atomic E-state index is -0.483. The summed E-state index contributed by atoms with van der Waals surface area (Å²) >= 11 is 0. The van der Waals surface area contributed by atoms with Crippen molar-refractivity contribution in [1.29, 1.82) is 0 Å². The summed E-state index contributed by atoms with van der Waals surface area (Å²) in [7, 11) is 0. The Morgan fingerprint density at radius 2 is 1.65 bits per heavy atom. The lowest BCUT2D eigenvalue weighted by Crippen LogP contribution is -2.27. The number of ether oxygens (including phenoxy) is 1. The van der Waals surface area contributed by atoms with Gasteiger partial charge in [-0.3, -0.25) is 5.32 Å². The maximum Gasteiger partial charge on any atom is 0.412 e. The second-order valence-electron chi connectivity index (χ2n) is 7.47. The summed E-state index contributed by atoms with van der Waals surface area (Å²) in [6.45, 7) is 7.85. The van der Waals surface area contributed by atoms with Crippen LogP contribution in [0.25, 0.3) is 0 Å². The molecule has 1 saturated carbocycles. The van der Waals surface area contributed by atoms with E-state index in [1.54, 1.807) is 0 Å². The van der Waals surface area contributed by atoms with Gasteiger partial charge in [-0.2, -0.15) is 0 Å². The first-order valence-electron chi connectivity index (χ1n) is 8.72. The molecule has 1 aromatic carbocycles. The predicted octanol–water partition coefficient (Wildman–Crippen LogP) is 5.41. The Balaban J connectivity index is 1.82. The number of rotatable bonds is 4. The Morgan fingerprint density at radius 1 is 1.09 bits per heavy atom. The van der Waals surface area contributed by atoms with Gasteiger partial charge in [0.1, 0.15) is 5.60 Å². The topological polar surface area (TPSA) is 50.4 Å². The monoisotopic (exact) mass is 318 g/mol. The van der Waals surface area contributed by atoms with Gasteiger partial charge in [-0.25, -0.2) is 4.79 Å². The summed E-state index contributed by atoms with van der Waals surface area (Å²) in [5.41, 5.74) is 1.38. The molecule has 1 fully saturated rings. The maximum absolute atomic E-state index is 11.7. The normalized spacial score (nSPS) is 21.6. The van der Waals surface area contributed by atoms with Crippen LogP contribution in [0.4, 0.5) is 16.2 Å². The predicted molar refractivity (Wildman–Crippen MR) is 96.0 cm³/mol. The summed E-state index contributed by atoms with van der Waals surface area (Å²) < 4.78 is 5.25. The molecule has 0 radical (unpaired) electrons. The molecule has 1 aliphatic carbocycles. The Hall–Kier alpha value is -1.71. The summed E-state index contributed by atoms with van der Waals surface area (Å²) in [6.07, 6.45) is 6.03. The molecule has 0 atom stereocenters. The van der Waals surface area contributed by atoms with Crippen molar-refractivity contribution in [2.24, 2.45) is 5.92 Å². The van der Waals surface area contributed by atoms with Crippen molar-refractivity contribution >= 4 is 17.5 Å². The van der Waals surface area contributed by atoms with Crippen LogP contribution in [0.2, 0.25) is 0 Å². The van der Waals surface area contributed by atoms with Crippen LogP contribution >= 0.6 is 0 Å². The van der Waals surface area contributed by atoms with E-state index in [0.717, 1.165) is 17.3 Å². The van der Waals surface area contributed by atoms with Crippen LogP contribution in [-0.2, 0) is 4.74 Å². The van der Waals surface area contributed by atoms with Crippen molar-refractivity contribution < 1.29 is 9.53 Å². The van der Waals surface area contributed by atoms with Gasteiger partial charge < -0.3 is 10.1 Å². The summed E-state index contributed by atoms with van der Waals surface area (Å²) in [6, 6.07) is 8.41. The average molecular weight is 318 g/mol. The summed E-state index contributed by atoms with van der Waals surface area (Å²) in [4.78, 5) is 11.7. The highest BCUT2D eigenvalue weighted by atomic mass is 16.6. The van der Waals surface area contributed by atoms with Crippen molar-refractivity contribution in [3.63, 3.8) is 0 Å². The molecule has 1 amide bonds. The van der Waals surface area contributed by atoms with Gasteiger partial charge in [0.25, 0.3) is 0 Å². The van der Waals surface area contributed by atoms with Crippen LogP contribution in [-0.4, -0.2) is 17.7 Å². The quantitative estimate of drug-likeness (QED) is 0.780. The third-order valence-electron chi connectivity index (χ3n) is 4.33. The molecule has 0 aromatic heterocycles. The van der Waals surface area contributed by atoms with Crippen molar-refractivity contribution in [3.05, 3.63) is 24.3 Å². The lowest BCUT2D eigenvalue weighted by Gasteiger charge is -2.29. The lowest BCUT2D eigenvalue weighted by atomic mass is 9.84. The van der Waals surface area contributed by atoms with Gasteiger partial charge >= 0.3 is 6.09 Å². The molecule has 0 spiro atoms. The van der Waals surface area contributed by atoms with Gasteiger partial charge in [0, 0.05) is 17.4 Å². The van der Waals surface area contributed by atoms with Gasteiger partial charge in [0.2, 0.25) is 0 Å². The standard InChI is InChI=1S/C19H30N2O2/c1-5-14-6-8-15(9-7-14)20-16-10-12-17(13-11-16)21-18(22)23-19(2,3)4/h10-15,20H,5-9H2,1-4H3,(H,21,22). The molecular formula is C19H30N2O2. The summed E-state index contributed by atoms with van der Waals surface area (Å²) in [5, 5.41) is 6.35. The van der Waals surface area contributed by atoms with Crippen LogP contribution in [0, 0.1) is 5.92 Å². The van der Waals surface area contributed by atoms with Crippen LogP contribution in [0.5, 0.6) is 0 Å². The number of carbonyl (C=O) groups is 1. The number of nitrogens with one attached hydrogen (secondary N) is 2. The Labute approximate surface area is 140 Å². The second kappa shape index (κ2) is 7.71. The Morgan fingerprint density at radius 3 is 2.17 bits per heavy atom. The van der Waals surface area contributed by atoms with Gasteiger partial charge in [0.05, 0.1) is 0 Å². The SMILES string of the molecule is CCC1CCC(Nc2ccc(NC(=O)OC(C)(C)C)cc2)CC1. The number of anilines is 2. The van der Waals surface area contributed by atoms with E-state index in [9.17, 15) is 4.79 Å².